The van der Waals surface area contributed by atoms with E-state index in [1.807, 2.05) is 31.2 Å². The van der Waals surface area contributed by atoms with Gasteiger partial charge >= 0.3 is 17.9 Å². The van der Waals surface area contributed by atoms with E-state index in [-0.39, 0.29) is 31.3 Å². The van der Waals surface area contributed by atoms with Gasteiger partial charge in [-0.25, -0.2) is 0 Å². The molecule has 0 unspecified atom stereocenters. The molecule has 3 aromatic rings. The number of esters is 2. The topological polar surface area (TPSA) is 172 Å². The zero-order chi connectivity index (χ0) is 38.4. The van der Waals surface area contributed by atoms with Crippen LogP contribution in [0.2, 0.25) is 0 Å². The van der Waals surface area contributed by atoms with Crippen LogP contribution >= 0.6 is 0 Å². The summed E-state index contributed by atoms with van der Waals surface area (Å²) < 4.78 is 28.8. The maximum absolute atomic E-state index is 13.6. The third-order valence-corrected chi connectivity index (χ3v) is 7.66. The van der Waals surface area contributed by atoms with Crippen LogP contribution in [0.3, 0.4) is 0 Å². The molecule has 6 bridgehead atoms. The molecule has 0 radical (unpaired) electrons. The molecule has 1 aromatic heterocycles. The molecule has 14 heteroatoms. The maximum Gasteiger partial charge on any atom is 0.323 e. The Bertz CT molecular complexity index is 1670. The molecule has 3 heterocycles. The zero-order valence-electron chi connectivity index (χ0n) is 32.0. The molecule has 0 saturated carbocycles. The third kappa shape index (κ3) is 14.4. The minimum absolute atomic E-state index is 0.108. The van der Waals surface area contributed by atoms with Gasteiger partial charge in [-0.05, 0) is 110 Å². The second kappa shape index (κ2) is 19.1. The van der Waals surface area contributed by atoms with Gasteiger partial charge in [-0.15, -0.1) is 0 Å². The molecule has 0 saturated heterocycles. The SMILES string of the molecule is CCOc1nc2nc(n1)Nc1ccc(C(=O)NCC[C@H](CC(=O)OC(C)(C)C)C(=O)OC(C)(C)C)c(c1)OCCCCCCOc1ccc(cc1)CN2. The summed E-state index contributed by atoms with van der Waals surface area (Å²) in [6.45, 7) is 14.4. The number of carbonyl (C=O) groups excluding carboxylic acids is 3. The van der Waals surface area contributed by atoms with Gasteiger partial charge in [0.25, 0.3) is 5.91 Å². The van der Waals surface area contributed by atoms with Crippen molar-refractivity contribution in [2.45, 2.75) is 105 Å². The van der Waals surface area contributed by atoms with Gasteiger partial charge in [0, 0.05) is 24.8 Å². The van der Waals surface area contributed by atoms with Crippen LogP contribution in [0.4, 0.5) is 17.6 Å². The second-order valence-corrected chi connectivity index (χ2v) is 14.7. The maximum atomic E-state index is 13.6. The lowest BCUT2D eigenvalue weighted by Crippen LogP contribution is -2.34. The van der Waals surface area contributed by atoms with E-state index in [1.165, 1.54) is 0 Å². The molecule has 2 aliphatic heterocycles. The molecule has 2 aromatic carbocycles. The quantitative estimate of drug-likeness (QED) is 0.197. The average molecular weight is 735 g/mol. The summed E-state index contributed by atoms with van der Waals surface area (Å²) >= 11 is 0. The number of nitrogens with one attached hydrogen (secondary N) is 3. The van der Waals surface area contributed by atoms with Crippen LogP contribution in [0.25, 0.3) is 0 Å². The normalized spacial score (nSPS) is 14.5. The molecule has 0 fully saturated rings. The van der Waals surface area contributed by atoms with Gasteiger partial charge < -0.3 is 39.6 Å². The lowest BCUT2D eigenvalue weighted by Gasteiger charge is -2.25. The smallest absolute Gasteiger partial charge is 0.323 e. The fourth-order valence-electron chi connectivity index (χ4n) is 5.26. The lowest BCUT2D eigenvalue weighted by atomic mass is 10.0. The van der Waals surface area contributed by atoms with E-state index in [0.29, 0.717) is 49.3 Å². The van der Waals surface area contributed by atoms with Crippen molar-refractivity contribution in [3.05, 3.63) is 53.6 Å². The summed E-state index contributed by atoms with van der Waals surface area (Å²) in [4.78, 5) is 52.6. The van der Waals surface area contributed by atoms with Crippen molar-refractivity contribution >= 4 is 35.4 Å². The van der Waals surface area contributed by atoms with Gasteiger partial charge in [0.15, 0.2) is 0 Å². The van der Waals surface area contributed by atoms with Crippen LogP contribution in [0.15, 0.2) is 42.5 Å². The van der Waals surface area contributed by atoms with E-state index >= 15 is 0 Å². The molecule has 2 aliphatic rings. The van der Waals surface area contributed by atoms with Gasteiger partial charge in [0.2, 0.25) is 11.9 Å². The average Bonchev–Trinajstić information content (AvgIpc) is 3.07. The van der Waals surface area contributed by atoms with E-state index in [4.69, 9.17) is 23.7 Å². The van der Waals surface area contributed by atoms with Crippen molar-refractivity contribution < 1.29 is 38.1 Å². The van der Waals surface area contributed by atoms with Crippen molar-refractivity contribution in [2.24, 2.45) is 5.92 Å². The highest BCUT2D eigenvalue weighted by atomic mass is 16.6. The van der Waals surface area contributed by atoms with Crippen LogP contribution in [0.5, 0.6) is 17.5 Å². The number of ether oxygens (including phenoxy) is 5. The highest BCUT2D eigenvalue weighted by Gasteiger charge is 2.29. The van der Waals surface area contributed by atoms with E-state index in [0.717, 1.165) is 37.0 Å². The summed E-state index contributed by atoms with van der Waals surface area (Å²) in [6, 6.07) is 13.1. The van der Waals surface area contributed by atoms with Gasteiger partial charge in [-0.1, -0.05) is 12.1 Å². The molecule has 288 valence electrons. The highest BCUT2D eigenvalue weighted by molar-refractivity contribution is 5.97. The number of carbonyl (C=O) groups is 3. The van der Waals surface area contributed by atoms with E-state index in [2.05, 4.69) is 30.9 Å². The first-order valence-corrected chi connectivity index (χ1v) is 18.3. The Morgan fingerprint density at radius 1 is 0.849 bits per heavy atom. The molecule has 3 N–H and O–H groups in total. The summed E-state index contributed by atoms with van der Waals surface area (Å²) in [5.74, 6) is -0.525. The lowest BCUT2D eigenvalue weighted by molar-refractivity contribution is -0.167. The fourth-order valence-corrected chi connectivity index (χ4v) is 5.26. The Hall–Kier alpha value is -5.14. The van der Waals surface area contributed by atoms with Crippen molar-refractivity contribution in [1.82, 2.24) is 20.3 Å². The Balaban J connectivity index is 1.52. The molecular formula is C39H54N6O8. The molecule has 53 heavy (non-hydrogen) atoms. The summed E-state index contributed by atoms with van der Waals surface area (Å²) in [5.41, 5.74) is 0.462. The monoisotopic (exact) mass is 734 g/mol. The predicted molar refractivity (Wildman–Crippen MR) is 201 cm³/mol. The minimum Gasteiger partial charge on any atom is -0.494 e. The van der Waals surface area contributed by atoms with Crippen molar-refractivity contribution in [1.29, 1.82) is 0 Å². The Morgan fingerprint density at radius 3 is 2.21 bits per heavy atom. The number of aromatic nitrogens is 3. The molecule has 0 spiro atoms. The fraction of sp³-hybridized carbons (Fsp3) is 0.538. The Labute approximate surface area is 312 Å². The first kappa shape index (κ1) is 40.6. The summed E-state index contributed by atoms with van der Waals surface area (Å²) in [7, 11) is 0. The first-order chi connectivity index (χ1) is 25.2. The van der Waals surface area contributed by atoms with Crippen LogP contribution in [0, 0.1) is 5.92 Å². The number of fused-ring (bicyclic) bond motifs is 10. The van der Waals surface area contributed by atoms with Crippen LogP contribution in [-0.2, 0) is 25.6 Å². The first-order valence-electron chi connectivity index (χ1n) is 18.3. The van der Waals surface area contributed by atoms with Crippen molar-refractivity contribution in [3.63, 3.8) is 0 Å². The number of hydrogen-bond acceptors (Lipinski definition) is 13. The van der Waals surface area contributed by atoms with Gasteiger partial charge in [-0.2, -0.15) is 15.0 Å². The van der Waals surface area contributed by atoms with Gasteiger partial charge in [0.1, 0.15) is 22.7 Å². The van der Waals surface area contributed by atoms with E-state index < -0.39 is 35.0 Å². The number of hydrogen-bond donors (Lipinski definition) is 3. The summed E-state index contributed by atoms with van der Waals surface area (Å²) in [6.07, 6.45) is 3.55. The van der Waals surface area contributed by atoms with E-state index in [9.17, 15) is 14.4 Å². The molecule has 1 atom stereocenters. The second-order valence-electron chi connectivity index (χ2n) is 14.7. The standard InChI is InChI=1S/C39H54N6O8/c1-8-49-37-44-35-41-25-26-13-16-29(17-14-26)50-21-11-9-10-12-22-51-31-24-28(42-36(43-35)45-37)15-18-30(31)33(47)40-20-19-27(34(48)53-39(5,6)7)23-32(46)52-38(2,3)4/h13-18,24,27H,8-12,19-23,25H2,1-7H3,(H,40,47)(H2,41,42,43,44,45)/t27-/m1/s1. The number of benzene rings is 2. The highest BCUT2D eigenvalue weighted by Crippen LogP contribution is 2.27. The number of nitrogens with zero attached hydrogens (tertiary/aromatic N) is 3. The van der Waals surface area contributed by atoms with E-state index in [1.54, 1.807) is 59.7 Å². The Kier molecular flexibility index (Phi) is 14.6. The van der Waals surface area contributed by atoms with Crippen molar-refractivity contribution in [2.75, 3.05) is 37.0 Å². The van der Waals surface area contributed by atoms with Crippen LogP contribution in [-0.4, -0.2) is 70.4 Å². The molecule has 1 amide bonds. The van der Waals surface area contributed by atoms with Gasteiger partial charge in [0.05, 0.1) is 37.7 Å². The largest absolute Gasteiger partial charge is 0.494 e. The molecule has 14 nitrogen and oxygen atoms in total. The number of anilines is 3. The Morgan fingerprint density at radius 2 is 1.53 bits per heavy atom. The van der Waals surface area contributed by atoms with Crippen LogP contribution < -0.4 is 30.2 Å². The number of rotatable bonds is 9. The zero-order valence-corrected chi connectivity index (χ0v) is 32.0. The minimum atomic E-state index is -0.809. The molecular weight excluding hydrogens is 680 g/mol. The van der Waals surface area contributed by atoms with Crippen molar-refractivity contribution in [3.8, 4) is 17.5 Å². The number of amides is 1. The summed E-state index contributed by atoms with van der Waals surface area (Å²) in [5, 5.41) is 9.31. The van der Waals surface area contributed by atoms with Crippen LogP contribution in [0.1, 0.15) is 103 Å². The third-order valence-electron chi connectivity index (χ3n) is 7.66. The van der Waals surface area contributed by atoms with Gasteiger partial charge in [-0.3, -0.25) is 14.4 Å². The molecule has 0 aliphatic carbocycles. The predicted octanol–water partition coefficient (Wildman–Crippen LogP) is 6.77. The molecule has 5 rings (SSSR count).